The first-order valence-electron chi connectivity index (χ1n) is 5.81. The minimum absolute atomic E-state index is 0.515. The summed E-state index contributed by atoms with van der Waals surface area (Å²) in [7, 11) is 0. The van der Waals surface area contributed by atoms with E-state index < -0.39 is 0 Å². The van der Waals surface area contributed by atoms with E-state index >= 15 is 0 Å². The van der Waals surface area contributed by atoms with Crippen LogP contribution in [0.15, 0.2) is 18.3 Å². The van der Waals surface area contributed by atoms with E-state index in [-0.39, 0.29) is 0 Å². The summed E-state index contributed by atoms with van der Waals surface area (Å²) in [5, 5.41) is 4.18. The summed E-state index contributed by atoms with van der Waals surface area (Å²) in [6.07, 6.45) is 9.15. The third-order valence-electron chi connectivity index (χ3n) is 3.17. The van der Waals surface area contributed by atoms with E-state index in [1.54, 1.807) is 6.20 Å². The van der Waals surface area contributed by atoms with Crippen LogP contribution in [0.5, 0.6) is 0 Å². The molecule has 3 N–H and O–H groups in total. The van der Waals surface area contributed by atoms with Gasteiger partial charge in [0, 0.05) is 17.5 Å². The molecule has 2 atom stereocenters. The summed E-state index contributed by atoms with van der Waals surface area (Å²) < 4.78 is 0. The molecule has 1 heterocycles. The molecule has 1 aliphatic carbocycles. The van der Waals surface area contributed by atoms with Gasteiger partial charge in [0.15, 0.2) is 0 Å². The quantitative estimate of drug-likeness (QED) is 0.848. The van der Waals surface area contributed by atoms with Crippen LogP contribution in [-0.4, -0.2) is 22.5 Å². The summed E-state index contributed by atoms with van der Waals surface area (Å²) in [5.41, 5.74) is 6.64. The number of thioether (sulfide) groups is 1. The standard InChI is InChI=1S/C12H19N3S/c1-16-11-7-3-2-6-10(11)15-12-9(13)5-4-8-14-12/h4-5,8,10-11H,2-3,6-7,13H2,1H3,(H,14,15). The zero-order valence-electron chi connectivity index (χ0n) is 9.65. The second-order valence-corrected chi connectivity index (χ2v) is 5.33. The first kappa shape index (κ1) is 11.6. The number of nitrogens with one attached hydrogen (secondary N) is 1. The van der Waals surface area contributed by atoms with Gasteiger partial charge in [0.25, 0.3) is 0 Å². The van der Waals surface area contributed by atoms with Gasteiger partial charge in [-0.1, -0.05) is 12.8 Å². The Morgan fingerprint density at radius 1 is 1.44 bits per heavy atom. The highest BCUT2D eigenvalue weighted by atomic mass is 32.2. The molecule has 1 fully saturated rings. The molecule has 0 saturated heterocycles. The molecular formula is C12H19N3S. The normalized spacial score (nSPS) is 25.3. The monoisotopic (exact) mass is 237 g/mol. The van der Waals surface area contributed by atoms with Gasteiger partial charge in [-0.3, -0.25) is 0 Å². The van der Waals surface area contributed by atoms with Gasteiger partial charge in [-0.15, -0.1) is 0 Å². The highest BCUT2D eigenvalue weighted by Gasteiger charge is 2.24. The molecule has 0 bridgehead atoms. The van der Waals surface area contributed by atoms with Gasteiger partial charge < -0.3 is 11.1 Å². The fourth-order valence-electron chi connectivity index (χ4n) is 2.26. The Labute approximate surface area is 101 Å². The number of rotatable bonds is 3. The Kier molecular flexibility index (Phi) is 3.93. The van der Waals surface area contributed by atoms with Crippen molar-refractivity contribution in [2.45, 2.75) is 37.0 Å². The smallest absolute Gasteiger partial charge is 0.149 e. The molecule has 2 rings (SSSR count). The van der Waals surface area contributed by atoms with Crippen LogP contribution in [0.1, 0.15) is 25.7 Å². The number of nitrogens with two attached hydrogens (primary N) is 1. The van der Waals surface area contributed by atoms with E-state index in [2.05, 4.69) is 16.6 Å². The fourth-order valence-corrected chi connectivity index (χ4v) is 3.19. The van der Waals surface area contributed by atoms with Gasteiger partial charge in [0.2, 0.25) is 0 Å². The molecule has 1 aromatic heterocycles. The molecular weight excluding hydrogens is 218 g/mol. The van der Waals surface area contributed by atoms with E-state index in [9.17, 15) is 0 Å². The summed E-state index contributed by atoms with van der Waals surface area (Å²) in [5.74, 6) is 0.841. The number of nitrogens with zero attached hydrogens (tertiary/aromatic N) is 1. The van der Waals surface area contributed by atoms with Crippen molar-refractivity contribution in [2.24, 2.45) is 0 Å². The predicted octanol–water partition coefficient (Wildman–Crippen LogP) is 2.75. The molecule has 2 unspecified atom stereocenters. The van der Waals surface area contributed by atoms with E-state index in [1.165, 1.54) is 25.7 Å². The number of nitrogen functional groups attached to an aromatic ring is 1. The van der Waals surface area contributed by atoms with Crippen LogP contribution < -0.4 is 11.1 Å². The van der Waals surface area contributed by atoms with Crippen LogP contribution >= 0.6 is 11.8 Å². The SMILES string of the molecule is CSC1CCCCC1Nc1ncccc1N. The van der Waals surface area contributed by atoms with E-state index in [4.69, 9.17) is 5.73 Å². The van der Waals surface area contributed by atoms with Crippen molar-refractivity contribution in [3.8, 4) is 0 Å². The maximum absolute atomic E-state index is 5.89. The minimum Gasteiger partial charge on any atom is -0.396 e. The van der Waals surface area contributed by atoms with Gasteiger partial charge in [0.05, 0.1) is 5.69 Å². The highest BCUT2D eigenvalue weighted by Crippen LogP contribution is 2.30. The van der Waals surface area contributed by atoms with Gasteiger partial charge in [-0.05, 0) is 31.2 Å². The van der Waals surface area contributed by atoms with E-state index in [1.807, 2.05) is 23.9 Å². The molecule has 16 heavy (non-hydrogen) atoms. The van der Waals surface area contributed by atoms with Gasteiger partial charge in [0.1, 0.15) is 5.82 Å². The Morgan fingerprint density at radius 2 is 2.25 bits per heavy atom. The average Bonchev–Trinajstić information content (AvgIpc) is 2.33. The zero-order valence-corrected chi connectivity index (χ0v) is 10.5. The summed E-state index contributed by atoms with van der Waals surface area (Å²) in [4.78, 5) is 4.30. The van der Waals surface area contributed by atoms with Gasteiger partial charge >= 0.3 is 0 Å². The Morgan fingerprint density at radius 3 is 3.00 bits per heavy atom. The molecule has 1 aliphatic rings. The third-order valence-corrected chi connectivity index (χ3v) is 4.34. The van der Waals surface area contributed by atoms with Crippen molar-refractivity contribution in [3.05, 3.63) is 18.3 Å². The first-order valence-corrected chi connectivity index (χ1v) is 7.10. The molecule has 0 aliphatic heterocycles. The molecule has 1 aromatic rings. The van der Waals surface area contributed by atoms with Crippen LogP contribution in [0, 0.1) is 0 Å². The summed E-state index contributed by atoms with van der Waals surface area (Å²) in [6.45, 7) is 0. The van der Waals surface area contributed by atoms with Crippen molar-refractivity contribution < 1.29 is 0 Å². The molecule has 4 heteroatoms. The highest BCUT2D eigenvalue weighted by molar-refractivity contribution is 7.99. The first-order chi connectivity index (χ1) is 7.81. The molecule has 1 saturated carbocycles. The second-order valence-electron chi connectivity index (χ2n) is 4.25. The Bertz CT molecular complexity index is 343. The molecule has 0 amide bonds. The molecule has 0 spiro atoms. The zero-order chi connectivity index (χ0) is 11.4. The Balaban J connectivity index is 2.05. The van der Waals surface area contributed by atoms with Crippen LogP contribution in [0.2, 0.25) is 0 Å². The molecule has 3 nitrogen and oxygen atoms in total. The van der Waals surface area contributed by atoms with Gasteiger partial charge in [-0.25, -0.2) is 4.98 Å². The Hall–Kier alpha value is -0.900. The van der Waals surface area contributed by atoms with Crippen molar-refractivity contribution >= 4 is 23.3 Å². The number of anilines is 2. The second kappa shape index (κ2) is 5.43. The van der Waals surface area contributed by atoms with Crippen molar-refractivity contribution in [2.75, 3.05) is 17.3 Å². The minimum atomic E-state index is 0.515. The number of hydrogen-bond donors (Lipinski definition) is 2. The van der Waals surface area contributed by atoms with Gasteiger partial charge in [-0.2, -0.15) is 11.8 Å². The van der Waals surface area contributed by atoms with Crippen LogP contribution in [0.25, 0.3) is 0 Å². The van der Waals surface area contributed by atoms with Crippen LogP contribution in [0.3, 0.4) is 0 Å². The fraction of sp³-hybridized carbons (Fsp3) is 0.583. The number of aromatic nitrogens is 1. The molecule has 0 aromatic carbocycles. The largest absolute Gasteiger partial charge is 0.396 e. The average molecular weight is 237 g/mol. The maximum Gasteiger partial charge on any atom is 0.149 e. The van der Waals surface area contributed by atoms with Crippen molar-refractivity contribution in [3.63, 3.8) is 0 Å². The summed E-state index contributed by atoms with van der Waals surface area (Å²) in [6, 6.07) is 4.28. The lowest BCUT2D eigenvalue weighted by Gasteiger charge is -2.31. The lowest BCUT2D eigenvalue weighted by molar-refractivity contribution is 0.474. The van der Waals surface area contributed by atoms with Crippen molar-refractivity contribution in [1.29, 1.82) is 0 Å². The number of hydrogen-bond acceptors (Lipinski definition) is 4. The van der Waals surface area contributed by atoms with Crippen molar-refractivity contribution in [1.82, 2.24) is 4.98 Å². The molecule has 88 valence electrons. The number of pyridine rings is 1. The van der Waals surface area contributed by atoms with Crippen LogP contribution in [0.4, 0.5) is 11.5 Å². The van der Waals surface area contributed by atoms with E-state index in [0.29, 0.717) is 11.3 Å². The van der Waals surface area contributed by atoms with Crippen LogP contribution in [-0.2, 0) is 0 Å². The predicted molar refractivity (Wildman–Crippen MR) is 71.8 cm³/mol. The topological polar surface area (TPSA) is 50.9 Å². The lowest BCUT2D eigenvalue weighted by atomic mass is 9.95. The third kappa shape index (κ3) is 2.61. The lowest BCUT2D eigenvalue weighted by Crippen LogP contribution is -2.34. The van der Waals surface area contributed by atoms with E-state index in [0.717, 1.165) is 11.5 Å². The molecule has 0 radical (unpaired) electrons. The maximum atomic E-state index is 5.89. The summed E-state index contributed by atoms with van der Waals surface area (Å²) >= 11 is 1.95.